The molecule has 0 spiro atoms. The van der Waals surface area contributed by atoms with Crippen LogP contribution >= 0.6 is 0 Å². The highest BCUT2D eigenvalue weighted by Crippen LogP contribution is 2.50. The van der Waals surface area contributed by atoms with Gasteiger partial charge in [0.2, 0.25) is 11.8 Å². The van der Waals surface area contributed by atoms with Gasteiger partial charge in [-0.25, -0.2) is 0 Å². The molecule has 4 heteroatoms. The third kappa shape index (κ3) is 4.05. The number of nitrogens with one attached hydrogen (secondary N) is 2. The zero-order chi connectivity index (χ0) is 21.1. The van der Waals surface area contributed by atoms with E-state index < -0.39 is 0 Å². The monoisotopic (exact) mass is 414 g/mol. The normalized spacial score (nSPS) is 46.2. The topological polar surface area (TPSA) is 58.2 Å². The van der Waals surface area contributed by atoms with Crippen LogP contribution < -0.4 is 10.6 Å². The molecule has 30 heavy (non-hydrogen) atoms. The lowest BCUT2D eigenvalue weighted by Gasteiger charge is -2.47. The van der Waals surface area contributed by atoms with E-state index in [-0.39, 0.29) is 28.7 Å². The highest BCUT2D eigenvalue weighted by atomic mass is 16.2. The largest absolute Gasteiger partial charge is 0.355 e. The summed E-state index contributed by atoms with van der Waals surface area (Å²) in [5.74, 6) is 4.03. The minimum atomic E-state index is 0.0572. The molecule has 5 aliphatic rings. The van der Waals surface area contributed by atoms with Crippen LogP contribution in [0.5, 0.6) is 0 Å². The molecule has 5 fully saturated rings. The van der Waals surface area contributed by atoms with Crippen molar-refractivity contribution in [3.8, 4) is 0 Å². The molecule has 2 N–H and O–H groups in total. The number of amides is 2. The van der Waals surface area contributed by atoms with Crippen molar-refractivity contribution in [2.75, 3.05) is 6.54 Å². The van der Waals surface area contributed by atoms with Crippen LogP contribution in [0.4, 0.5) is 0 Å². The Morgan fingerprint density at radius 2 is 1.40 bits per heavy atom. The van der Waals surface area contributed by atoms with Gasteiger partial charge in [-0.05, 0) is 92.3 Å². The maximum absolute atomic E-state index is 13.1. The van der Waals surface area contributed by atoms with E-state index in [1.54, 1.807) is 0 Å². The predicted octanol–water partition coefficient (Wildman–Crippen LogP) is 4.68. The molecule has 5 aliphatic carbocycles. The maximum atomic E-state index is 13.1. The molecule has 0 unspecified atom stereocenters. The average molecular weight is 415 g/mol. The Balaban J connectivity index is 1.18. The van der Waals surface area contributed by atoms with Crippen LogP contribution in [0.25, 0.3) is 0 Å². The van der Waals surface area contributed by atoms with Crippen molar-refractivity contribution in [2.24, 2.45) is 46.3 Å². The summed E-state index contributed by atoms with van der Waals surface area (Å²) in [7, 11) is 0. The fourth-order valence-corrected chi connectivity index (χ4v) is 8.74. The molecule has 0 aromatic rings. The summed E-state index contributed by atoms with van der Waals surface area (Å²) in [4.78, 5) is 26.0. The van der Waals surface area contributed by atoms with Gasteiger partial charge in [-0.2, -0.15) is 0 Å². The first-order valence-corrected chi connectivity index (χ1v) is 12.8. The first-order valence-electron chi connectivity index (χ1n) is 12.8. The summed E-state index contributed by atoms with van der Waals surface area (Å²) in [6.07, 6.45) is 13.1. The number of carbonyl (C=O) groups excluding carboxylic acids is 2. The number of fused-ring (bicyclic) bond motifs is 4. The van der Waals surface area contributed by atoms with Gasteiger partial charge in [0.1, 0.15) is 0 Å². The summed E-state index contributed by atoms with van der Waals surface area (Å²) in [6, 6.07) is 0.241. The molecular weight excluding hydrogens is 372 g/mol. The van der Waals surface area contributed by atoms with Crippen molar-refractivity contribution in [3.63, 3.8) is 0 Å². The molecule has 5 rings (SSSR count). The fourth-order valence-electron chi connectivity index (χ4n) is 8.74. The van der Waals surface area contributed by atoms with E-state index >= 15 is 0 Å². The predicted molar refractivity (Wildman–Crippen MR) is 119 cm³/mol. The Morgan fingerprint density at radius 3 is 1.93 bits per heavy atom. The Bertz CT molecular complexity index is 703. The van der Waals surface area contributed by atoms with Crippen molar-refractivity contribution in [1.82, 2.24) is 10.6 Å². The van der Waals surface area contributed by atoms with E-state index in [0.717, 1.165) is 50.5 Å². The van der Waals surface area contributed by atoms with Crippen molar-refractivity contribution in [3.05, 3.63) is 0 Å². The molecule has 4 nitrogen and oxygen atoms in total. The molecule has 4 bridgehead atoms. The van der Waals surface area contributed by atoms with E-state index in [9.17, 15) is 9.59 Å². The SMILES string of the molecule is CC1(C)C[C@H](NC(=O)[C@@H]2C[C@@H]3CC[C@@H]2C3)C[C@@](C)(CNC(=O)[C@@H]2C[C@@H]3CC[C@@H]2C3)C1. The minimum absolute atomic E-state index is 0.0572. The summed E-state index contributed by atoms with van der Waals surface area (Å²) in [5.41, 5.74) is 0.248. The minimum Gasteiger partial charge on any atom is -0.355 e. The van der Waals surface area contributed by atoms with Gasteiger partial charge in [0, 0.05) is 24.4 Å². The molecular formula is C26H42N2O2. The number of hydrogen-bond acceptors (Lipinski definition) is 2. The molecule has 8 atom stereocenters. The zero-order valence-electron chi connectivity index (χ0n) is 19.3. The molecule has 0 heterocycles. The first kappa shape index (κ1) is 20.8. The van der Waals surface area contributed by atoms with Crippen LogP contribution in [-0.4, -0.2) is 24.4 Å². The third-order valence-electron chi connectivity index (χ3n) is 9.63. The Morgan fingerprint density at radius 1 is 0.800 bits per heavy atom. The molecule has 0 aromatic heterocycles. The van der Waals surface area contributed by atoms with Crippen molar-refractivity contribution < 1.29 is 9.59 Å². The number of hydrogen-bond donors (Lipinski definition) is 2. The second-order valence-corrected chi connectivity index (χ2v) is 13.0. The zero-order valence-corrected chi connectivity index (χ0v) is 19.3. The average Bonchev–Trinajstić information content (AvgIpc) is 3.45. The van der Waals surface area contributed by atoms with E-state index in [1.807, 2.05) is 0 Å². The third-order valence-corrected chi connectivity index (χ3v) is 9.63. The highest BCUT2D eigenvalue weighted by Gasteiger charge is 2.47. The van der Waals surface area contributed by atoms with E-state index in [0.29, 0.717) is 23.7 Å². The van der Waals surface area contributed by atoms with E-state index in [4.69, 9.17) is 0 Å². The number of rotatable bonds is 5. The van der Waals surface area contributed by atoms with Crippen LogP contribution in [-0.2, 0) is 9.59 Å². The lowest BCUT2D eigenvalue weighted by Crippen LogP contribution is -2.52. The van der Waals surface area contributed by atoms with Crippen LogP contribution in [0.2, 0.25) is 0 Å². The number of carbonyl (C=O) groups is 2. The van der Waals surface area contributed by atoms with E-state index in [2.05, 4.69) is 31.4 Å². The van der Waals surface area contributed by atoms with Crippen molar-refractivity contribution in [2.45, 2.75) is 97.4 Å². The van der Waals surface area contributed by atoms with Crippen LogP contribution in [0.3, 0.4) is 0 Å². The van der Waals surface area contributed by atoms with Gasteiger partial charge < -0.3 is 10.6 Å². The summed E-state index contributed by atoms with van der Waals surface area (Å²) >= 11 is 0. The van der Waals surface area contributed by atoms with Gasteiger partial charge in [-0.15, -0.1) is 0 Å². The Hall–Kier alpha value is -1.06. The van der Waals surface area contributed by atoms with Gasteiger partial charge in [-0.1, -0.05) is 33.6 Å². The molecule has 168 valence electrons. The summed E-state index contributed by atoms with van der Waals surface area (Å²) < 4.78 is 0. The quantitative estimate of drug-likeness (QED) is 0.686. The molecule has 5 saturated carbocycles. The van der Waals surface area contributed by atoms with Crippen molar-refractivity contribution in [1.29, 1.82) is 0 Å². The van der Waals surface area contributed by atoms with Gasteiger partial charge in [-0.3, -0.25) is 9.59 Å². The molecule has 0 saturated heterocycles. The summed E-state index contributed by atoms with van der Waals surface area (Å²) in [6.45, 7) is 7.74. The smallest absolute Gasteiger partial charge is 0.223 e. The first-order chi connectivity index (χ1) is 14.2. The standard InChI is InChI=1S/C26H42N2O2/c1-25(2)12-20(28-24(30)22-11-17-5-7-19(22)9-17)13-26(3,14-25)15-27-23(29)21-10-16-4-6-18(21)8-16/h16-22H,4-15H2,1-3H3,(H,27,29)(H,28,30)/t16-,17-,18-,19-,20+,21-,22-,26-/m1/s1. The lowest BCUT2D eigenvalue weighted by molar-refractivity contribution is -0.129. The van der Waals surface area contributed by atoms with Crippen LogP contribution in [0.15, 0.2) is 0 Å². The summed E-state index contributed by atoms with van der Waals surface area (Å²) in [5, 5.41) is 6.83. The maximum Gasteiger partial charge on any atom is 0.223 e. The van der Waals surface area contributed by atoms with Gasteiger partial charge in [0.15, 0.2) is 0 Å². The molecule has 0 aromatic carbocycles. The van der Waals surface area contributed by atoms with Crippen molar-refractivity contribution >= 4 is 11.8 Å². The van der Waals surface area contributed by atoms with Gasteiger partial charge >= 0.3 is 0 Å². The fraction of sp³-hybridized carbons (Fsp3) is 0.923. The van der Waals surface area contributed by atoms with Gasteiger partial charge in [0.25, 0.3) is 0 Å². The highest BCUT2D eigenvalue weighted by molar-refractivity contribution is 5.80. The van der Waals surface area contributed by atoms with Crippen LogP contribution in [0.1, 0.15) is 91.4 Å². The van der Waals surface area contributed by atoms with E-state index in [1.165, 1.54) is 38.5 Å². The Kier molecular flexibility index (Phi) is 5.22. The van der Waals surface area contributed by atoms with Gasteiger partial charge in [0.05, 0.1) is 0 Å². The second kappa shape index (κ2) is 7.52. The van der Waals surface area contributed by atoms with Crippen LogP contribution in [0, 0.1) is 46.3 Å². The molecule has 0 radical (unpaired) electrons. The molecule has 0 aliphatic heterocycles. The Labute approximate surface area is 182 Å². The lowest BCUT2D eigenvalue weighted by atomic mass is 9.62. The molecule has 2 amide bonds. The second-order valence-electron chi connectivity index (χ2n) is 13.0.